The van der Waals surface area contributed by atoms with E-state index in [1.807, 2.05) is 35.8 Å². The van der Waals surface area contributed by atoms with Crippen molar-refractivity contribution in [3.8, 4) is 11.4 Å². The summed E-state index contributed by atoms with van der Waals surface area (Å²) in [4.78, 5) is 14.9. The van der Waals surface area contributed by atoms with E-state index in [4.69, 9.17) is 17.0 Å². The number of carbonyl (C=O) groups is 1. The van der Waals surface area contributed by atoms with Crippen molar-refractivity contribution in [3.63, 3.8) is 0 Å². The van der Waals surface area contributed by atoms with Crippen LogP contribution in [0.5, 0.6) is 0 Å². The largest absolute Gasteiger partial charge is 0.379 e. The SMILES string of the molecule is Cc1ccc(-c2n[nH]c(=S)n2CCC(=O)NCC(C(C)C)N2CCOCC2)cc1. The first-order chi connectivity index (χ1) is 14.0. The molecule has 2 N–H and O–H groups in total. The lowest BCUT2D eigenvalue weighted by atomic mass is 10.0. The number of amides is 1. The third-order valence-corrected chi connectivity index (χ3v) is 5.73. The highest BCUT2D eigenvalue weighted by atomic mass is 32.1. The number of morpholine rings is 1. The van der Waals surface area contributed by atoms with Crippen LogP contribution >= 0.6 is 12.2 Å². The van der Waals surface area contributed by atoms with Crippen molar-refractivity contribution in [3.05, 3.63) is 34.6 Å². The van der Waals surface area contributed by atoms with Gasteiger partial charge in [0.15, 0.2) is 10.6 Å². The van der Waals surface area contributed by atoms with Gasteiger partial charge in [-0.3, -0.25) is 19.4 Å². The van der Waals surface area contributed by atoms with Gasteiger partial charge in [0.2, 0.25) is 5.91 Å². The van der Waals surface area contributed by atoms with E-state index in [9.17, 15) is 4.79 Å². The second-order valence-electron chi connectivity index (χ2n) is 7.88. The summed E-state index contributed by atoms with van der Waals surface area (Å²) < 4.78 is 7.87. The quantitative estimate of drug-likeness (QED) is 0.646. The van der Waals surface area contributed by atoms with Crippen LogP contribution in [0.2, 0.25) is 0 Å². The highest BCUT2D eigenvalue weighted by Crippen LogP contribution is 2.18. The molecule has 0 spiro atoms. The third-order valence-electron chi connectivity index (χ3n) is 5.42. The first-order valence-corrected chi connectivity index (χ1v) is 10.7. The predicted octanol–water partition coefficient (Wildman–Crippen LogP) is 2.78. The minimum absolute atomic E-state index is 0.0295. The number of benzene rings is 1. The van der Waals surface area contributed by atoms with Crippen molar-refractivity contribution in [1.29, 1.82) is 0 Å². The molecule has 7 nitrogen and oxygen atoms in total. The molecule has 2 heterocycles. The molecular formula is C21H31N5O2S. The minimum Gasteiger partial charge on any atom is -0.379 e. The summed E-state index contributed by atoms with van der Waals surface area (Å²) in [5, 5.41) is 10.3. The Bertz CT molecular complexity index is 853. The fraction of sp³-hybridized carbons (Fsp3) is 0.571. The van der Waals surface area contributed by atoms with E-state index in [1.165, 1.54) is 5.56 Å². The van der Waals surface area contributed by atoms with E-state index in [-0.39, 0.29) is 5.91 Å². The second-order valence-corrected chi connectivity index (χ2v) is 8.27. The van der Waals surface area contributed by atoms with Crippen molar-refractivity contribution in [2.45, 2.75) is 39.8 Å². The van der Waals surface area contributed by atoms with Crippen molar-refractivity contribution in [2.75, 3.05) is 32.8 Å². The number of nitrogens with one attached hydrogen (secondary N) is 2. The number of aromatic amines is 1. The molecule has 8 heteroatoms. The maximum atomic E-state index is 12.5. The lowest BCUT2D eigenvalue weighted by Gasteiger charge is -2.36. The van der Waals surface area contributed by atoms with Crippen molar-refractivity contribution < 1.29 is 9.53 Å². The summed E-state index contributed by atoms with van der Waals surface area (Å²) in [5.41, 5.74) is 2.17. The molecule has 0 aliphatic carbocycles. The lowest BCUT2D eigenvalue weighted by molar-refractivity contribution is -0.121. The molecule has 0 saturated carbocycles. The van der Waals surface area contributed by atoms with Gasteiger partial charge in [-0.05, 0) is 25.1 Å². The van der Waals surface area contributed by atoms with Gasteiger partial charge in [-0.1, -0.05) is 43.7 Å². The summed E-state index contributed by atoms with van der Waals surface area (Å²) in [6.45, 7) is 11.0. The number of aromatic nitrogens is 3. The van der Waals surface area contributed by atoms with Gasteiger partial charge in [-0.2, -0.15) is 5.10 Å². The molecule has 1 atom stereocenters. The van der Waals surface area contributed by atoms with E-state index in [0.717, 1.165) is 37.7 Å². The smallest absolute Gasteiger partial charge is 0.221 e. The van der Waals surface area contributed by atoms with E-state index < -0.39 is 0 Å². The van der Waals surface area contributed by atoms with Gasteiger partial charge in [0.05, 0.1) is 13.2 Å². The van der Waals surface area contributed by atoms with Crippen LogP contribution in [0.3, 0.4) is 0 Å². The Morgan fingerprint density at radius 3 is 2.62 bits per heavy atom. The first kappa shape index (κ1) is 21.7. The predicted molar refractivity (Wildman–Crippen MR) is 116 cm³/mol. The van der Waals surface area contributed by atoms with Crippen LogP contribution < -0.4 is 5.32 Å². The van der Waals surface area contributed by atoms with Crippen molar-refractivity contribution >= 4 is 18.1 Å². The summed E-state index contributed by atoms with van der Waals surface area (Å²) in [6.07, 6.45) is 0.362. The Kier molecular flexibility index (Phi) is 7.57. The van der Waals surface area contributed by atoms with E-state index >= 15 is 0 Å². The molecule has 1 aliphatic rings. The zero-order valence-corrected chi connectivity index (χ0v) is 18.3. The number of hydrogen-bond acceptors (Lipinski definition) is 5. The standard InChI is InChI=1S/C21H31N5O2S/c1-15(2)18(25-10-12-28-13-11-25)14-22-19(27)8-9-26-20(23-24-21(26)29)17-6-4-16(3)5-7-17/h4-7,15,18H,8-14H2,1-3H3,(H,22,27)(H,24,29). The van der Waals surface area contributed by atoms with Crippen LogP contribution in [-0.4, -0.2) is 64.5 Å². The van der Waals surface area contributed by atoms with Crippen molar-refractivity contribution in [2.24, 2.45) is 5.92 Å². The Hall–Kier alpha value is -2.03. The molecular weight excluding hydrogens is 386 g/mol. The fourth-order valence-corrected chi connectivity index (χ4v) is 3.89. The molecule has 0 bridgehead atoms. The molecule has 3 rings (SSSR count). The van der Waals surface area contributed by atoms with Crippen LogP contribution in [0.1, 0.15) is 25.8 Å². The number of ether oxygens (including phenoxy) is 1. The fourth-order valence-electron chi connectivity index (χ4n) is 3.66. The first-order valence-electron chi connectivity index (χ1n) is 10.3. The minimum atomic E-state index is 0.0295. The molecule has 158 valence electrons. The van der Waals surface area contributed by atoms with Crippen LogP contribution in [0.15, 0.2) is 24.3 Å². The molecule has 29 heavy (non-hydrogen) atoms. The van der Waals surface area contributed by atoms with Crippen molar-refractivity contribution in [1.82, 2.24) is 25.0 Å². The molecule has 1 fully saturated rings. The monoisotopic (exact) mass is 417 g/mol. The maximum absolute atomic E-state index is 12.5. The summed E-state index contributed by atoms with van der Waals surface area (Å²) in [6, 6.07) is 8.45. The Labute approximate surface area is 177 Å². The Morgan fingerprint density at radius 2 is 1.97 bits per heavy atom. The van der Waals surface area contributed by atoms with Gasteiger partial charge < -0.3 is 10.1 Å². The zero-order valence-electron chi connectivity index (χ0n) is 17.5. The van der Waals surface area contributed by atoms with Crippen LogP contribution in [-0.2, 0) is 16.1 Å². The maximum Gasteiger partial charge on any atom is 0.221 e. The van der Waals surface area contributed by atoms with Crippen LogP contribution in [0.25, 0.3) is 11.4 Å². The van der Waals surface area contributed by atoms with E-state index in [2.05, 4.69) is 34.3 Å². The number of carbonyl (C=O) groups excluding carboxylic acids is 1. The zero-order chi connectivity index (χ0) is 20.8. The molecule has 1 amide bonds. The Balaban J connectivity index is 1.57. The van der Waals surface area contributed by atoms with Gasteiger partial charge in [0.1, 0.15) is 0 Å². The third kappa shape index (κ3) is 5.74. The van der Waals surface area contributed by atoms with E-state index in [1.54, 1.807) is 0 Å². The van der Waals surface area contributed by atoms with Gasteiger partial charge in [-0.25, -0.2) is 0 Å². The summed E-state index contributed by atoms with van der Waals surface area (Å²) in [5.74, 6) is 1.25. The number of rotatable bonds is 8. The molecule has 1 aromatic carbocycles. The highest BCUT2D eigenvalue weighted by Gasteiger charge is 2.24. The topological polar surface area (TPSA) is 75.2 Å². The Morgan fingerprint density at radius 1 is 1.28 bits per heavy atom. The van der Waals surface area contributed by atoms with Gasteiger partial charge >= 0.3 is 0 Å². The molecule has 2 aromatic rings. The highest BCUT2D eigenvalue weighted by molar-refractivity contribution is 7.71. The number of H-pyrrole nitrogens is 1. The van der Waals surface area contributed by atoms with Gasteiger partial charge in [-0.15, -0.1) is 0 Å². The average molecular weight is 418 g/mol. The van der Waals surface area contributed by atoms with Gasteiger partial charge in [0, 0.05) is 44.2 Å². The summed E-state index contributed by atoms with van der Waals surface area (Å²) >= 11 is 5.37. The van der Waals surface area contributed by atoms with Crippen LogP contribution in [0, 0.1) is 17.6 Å². The average Bonchev–Trinajstić information content (AvgIpc) is 3.08. The molecule has 0 radical (unpaired) electrons. The molecule has 1 aromatic heterocycles. The lowest BCUT2D eigenvalue weighted by Crippen LogP contribution is -2.51. The molecule has 1 saturated heterocycles. The summed E-state index contributed by atoms with van der Waals surface area (Å²) in [7, 11) is 0. The second kappa shape index (κ2) is 10.1. The normalized spacial score (nSPS) is 16.1. The number of aryl methyl sites for hydroxylation is 1. The van der Waals surface area contributed by atoms with E-state index in [0.29, 0.717) is 36.2 Å². The number of hydrogen-bond donors (Lipinski definition) is 2. The molecule has 1 aliphatic heterocycles. The van der Waals surface area contributed by atoms with Crippen LogP contribution in [0.4, 0.5) is 0 Å². The number of nitrogens with zero attached hydrogens (tertiary/aromatic N) is 3. The van der Waals surface area contributed by atoms with Gasteiger partial charge in [0.25, 0.3) is 0 Å². The molecule has 1 unspecified atom stereocenters.